The first-order valence-corrected chi connectivity index (χ1v) is 6.32. The van der Waals surface area contributed by atoms with Crippen molar-refractivity contribution in [2.75, 3.05) is 0 Å². The summed E-state index contributed by atoms with van der Waals surface area (Å²) in [6.45, 7) is 5.05. The predicted molar refractivity (Wildman–Crippen MR) is 78.3 cm³/mol. The van der Waals surface area contributed by atoms with Crippen molar-refractivity contribution in [1.29, 1.82) is 0 Å². The number of ether oxygens (including phenoxy) is 2. The second-order valence-electron chi connectivity index (χ2n) is 4.37. The van der Waals surface area contributed by atoms with Gasteiger partial charge in [0.05, 0.1) is 5.56 Å². The van der Waals surface area contributed by atoms with Crippen LogP contribution in [0.15, 0.2) is 66.7 Å². The highest BCUT2D eigenvalue weighted by atomic mass is 16.6. The van der Waals surface area contributed by atoms with Gasteiger partial charge in [-0.05, 0) is 31.2 Å². The summed E-state index contributed by atoms with van der Waals surface area (Å²) in [6, 6.07) is 15.0. The molecule has 2 rings (SSSR count). The summed E-state index contributed by atoms with van der Waals surface area (Å²) in [4.78, 5) is 23.6. The molecule has 0 aromatic heterocycles. The molecule has 0 amide bonds. The van der Waals surface area contributed by atoms with Crippen LogP contribution in [0.2, 0.25) is 0 Å². The van der Waals surface area contributed by atoms with Crippen molar-refractivity contribution in [3.05, 3.63) is 72.3 Å². The molecular weight excluding hydrogens is 268 g/mol. The SMILES string of the molecule is C=C(C)C(=O)Oc1ccccc1OC(=O)c1ccccc1. The average Bonchev–Trinajstić information content (AvgIpc) is 2.50. The molecule has 0 aliphatic heterocycles. The fraction of sp³-hybridized carbons (Fsp3) is 0.0588. The van der Waals surface area contributed by atoms with E-state index in [1.807, 2.05) is 0 Å². The summed E-state index contributed by atoms with van der Waals surface area (Å²) < 4.78 is 10.4. The third-order valence-corrected chi connectivity index (χ3v) is 2.61. The maximum absolute atomic E-state index is 12.0. The lowest BCUT2D eigenvalue weighted by molar-refractivity contribution is -0.130. The number of hydrogen-bond donors (Lipinski definition) is 0. The van der Waals surface area contributed by atoms with Gasteiger partial charge in [0.1, 0.15) is 0 Å². The Morgan fingerprint density at radius 3 is 1.95 bits per heavy atom. The van der Waals surface area contributed by atoms with Crippen molar-refractivity contribution in [2.24, 2.45) is 0 Å². The highest BCUT2D eigenvalue weighted by Gasteiger charge is 2.14. The molecule has 0 heterocycles. The van der Waals surface area contributed by atoms with Gasteiger partial charge < -0.3 is 9.47 Å². The number of carbonyl (C=O) groups excluding carboxylic acids is 2. The van der Waals surface area contributed by atoms with Crippen LogP contribution in [-0.4, -0.2) is 11.9 Å². The van der Waals surface area contributed by atoms with Crippen molar-refractivity contribution in [2.45, 2.75) is 6.92 Å². The van der Waals surface area contributed by atoms with E-state index in [1.54, 1.807) is 61.5 Å². The van der Waals surface area contributed by atoms with Gasteiger partial charge in [0.2, 0.25) is 0 Å². The average molecular weight is 282 g/mol. The molecule has 21 heavy (non-hydrogen) atoms. The van der Waals surface area contributed by atoms with Crippen molar-refractivity contribution in [3.63, 3.8) is 0 Å². The van der Waals surface area contributed by atoms with E-state index in [-0.39, 0.29) is 17.1 Å². The molecule has 4 heteroatoms. The minimum atomic E-state index is -0.571. The third-order valence-electron chi connectivity index (χ3n) is 2.61. The molecule has 0 saturated heterocycles. The summed E-state index contributed by atoms with van der Waals surface area (Å²) in [7, 11) is 0. The van der Waals surface area contributed by atoms with E-state index >= 15 is 0 Å². The summed E-state index contributed by atoms with van der Waals surface area (Å²) in [5.74, 6) is -0.733. The maximum Gasteiger partial charge on any atom is 0.343 e. The molecule has 0 spiro atoms. The Balaban J connectivity index is 2.19. The fourth-order valence-electron chi connectivity index (χ4n) is 1.54. The Labute approximate surface area is 122 Å². The van der Waals surface area contributed by atoms with Gasteiger partial charge in [0.25, 0.3) is 0 Å². The standard InChI is InChI=1S/C17H14O4/c1-12(2)16(18)20-14-10-6-7-11-15(14)21-17(19)13-8-4-3-5-9-13/h3-11H,1H2,2H3. The van der Waals surface area contributed by atoms with Crippen LogP contribution in [0.4, 0.5) is 0 Å². The van der Waals surface area contributed by atoms with Gasteiger partial charge in [-0.3, -0.25) is 0 Å². The molecule has 2 aromatic carbocycles. The monoisotopic (exact) mass is 282 g/mol. The zero-order valence-electron chi connectivity index (χ0n) is 11.5. The first-order chi connectivity index (χ1) is 10.1. The number of rotatable bonds is 4. The molecule has 2 aromatic rings. The Morgan fingerprint density at radius 1 is 0.857 bits per heavy atom. The minimum Gasteiger partial charge on any atom is -0.419 e. The van der Waals surface area contributed by atoms with Gasteiger partial charge in [-0.2, -0.15) is 0 Å². The number of carbonyl (C=O) groups is 2. The molecule has 0 atom stereocenters. The van der Waals surface area contributed by atoms with Crippen molar-refractivity contribution < 1.29 is 19.1 Å². The van der Waals surface area contributed by atoms with Crippen LogP contribution >= 0.6 is 0 Å². The summed E-state index contributed by atoms with van der Waals surface area (Å²) in [6.07, 6.45) is 0. The lowest BCUT2D eigenvalue weighted by Gasteiger charge is -2.10. The largest absolute Gasteiger partial charge is 0.419 e. The fourth-order valence-corrected chi connectivity index (χ4v) is 1.54. The quantitative estimate of drug-likeness (QED) is 0.490. The zero-order chi connectivity index (χ0) is 15.2. The molecule has 4 nitrogen and oxygen atoms in total. The van der Waals surface area contributed by atoms with Crippen LogP contribution in [0.5, 0.6) is 11.5 Å². The topological polar surface area (TPSA) is 52.6 Å². The Bertz CT molecular complexity index is 674. The van der Waals surface area contributed by atoms with E-state index in [0.717, 1.165) is 0 Å². The smallest absolute Gasteiger partial charge is 0.343 e. The summed E-state index contributed by atoms with van der Waals surface area (Å²) >= 11 is 0. The van der Waals surface area contributed by atoms with Crippen LogP contribution in [-0.2, 0) is 4.79 Å². The third kappa shape index (κ3) is 3.79. The van der Waals surface area contributed by atoms with Crippen LogP contribution in [0, 0.1) is 0 Å². The van der Waals surface area contributed by atoms with Gasteiger partial charge in [-0.1, -0.05) is 36.9 Å². The molecule has 0 radical (unpaired) electrons. The lowest BCUT2D eigenvalue weighted by Crippen LogP contribution is -2.12. The highest BCUT2D eigenvalue weighted by molar-refractivity contribution is 5.92. The van der Waals surface area contributed by atoms with E-state index in [9.17, 15) is 9.59 Å². The van der Waals surface area contributed by atoms with E-state index in [1.165, 1.54) is 0 Å². The van der Waals surface area contributed by atoms with Crippen molar-refractivity contribution in [3.8, 4) is 11.5 Å². The molecule has 0 bridgehead atoms. The van der Waals surface area contributed by atoms with Gasteiger partial charge in [-0.25, -0.2) is 9.59 Å². The van der Waals surface area contributed by atoms with Crippen molar-refractivity contribution in [1.82, 2.24) is 0 Å². The lowest BCUT2D eigenvalue weighted by atomic mass is 10.2. The Morgan fingerprint density at radius 2 is 1.38 bits per heavy atom. The van der Waals surface area contributed by atoms with E-state index in [2.05, 4.69) is 6.58 Å². The zero-order valence-corrected chi connectivity index (χ0v) is 11.5. The van der Waals surface area contributed by atoms with E-state index < -0.39 is 11.9 Å². The molecule has 106 valence electrons. The Kier molecular flexibility index (Phi) is 4.51. The second-order valence-corrected chi connectivity index (χ2v) is 4.37. The number of esters is 2. The van der Waals surface area contributed by atoms with Crippen LogP contribution in [0.1, 0.15) is 17.3 Å². The van der Waals surface area contributed by atoms with E-state index in [4.69, 9.17) is 9.47 Å². The number of para-hydroxylation sites is 2. The first kappa shape index (κ1) is 14.5. The summed E-state index contributed by atoms with van der Waals surface area (Å²) in [5, 5.41) is 0. The Hall–Kier alpha value is -2.88. The van der Waals surface area contributed by atoms with Crippen molar-refractivity contribution >= 4 is 11.9 Å². The maximum atomic E-state index is 12.0. The molecule has 0 aliphatic carbocycles. The second kappa shape index (κ2) is 6.52. The molecule has 0 fully saturated rings. The molecule has 0 unspecified atom stereocenters. The highest BCUT2D eigenvalue weighted by Crippen LogP contribution is 2.27. The van der Waals surface area contributed by atoms with Gasteiger partial charge >= 0.3 is 11.9 Å². The van der Waals surface area contributed by atoms with E-state index in [0.29, 0.717) is 5.56 Å². The van der Waals surface area contributed by atoms with Gasteiger partial charge in [0, 0.05) is 5.57 Å². The molecule has 0 aliphatic rings. The van der Waals surface area contributed by atoms with Crippen LogP contribution in [0.3, 0.4) is 0 Å². The predicted octanol–water partition coefficient (Wildman–Crippen LogP) is 3.39. The first-order valence-electron chi connectivity index (χ1n) is 6.32. The van der Waals surface area contributed by atoms with Gasteiger partial charge in [0.15, 0.2) is 11.5 Å². The molecular formula is C17H14O4. The number of benzene rings is 2. The number of hydrogen-bond acceptors (Lipinski definition) is 4. The normalized spacial score (nSPS) is 9.76. The minimum absolute atomic E-state index is 0.176. The van der Waals surface area contributed by atoms with Crippen LogP contribution < -0.4 is 9.47 Å². The van der Waals surface area contributed by atoms with Gasteiger partial charge in [-0.15, -0.1) is 0 Å². The molecule has 0 N–H and O–H groups in total. The van der Waals surface area contributed by atoms with Crippen LogP contribution in [0.25, 0.3) is 0 Å². The molecule has 0 saturated carbocycles. The summed E-state index contributed by atoms with van der Waals surface area (Å²) in [5.41, 5.74) is 0.678.